The molecule has 0 aliphatic heterocycles. The molecule has 3 N–H and O–H groups in total. The van der Waals surface area contributed by atoms with Crippen LogP contribution in [0.2, 0.25) is 5.02 Å². The zero-order valence-corrected chi connectivity index (χ0v) is 17.1. The van der Waals surface area contributed by atoms with Crippen LogP contribution in [0.25, 0.3) is 0 Å². The Morgan fingerprint density at radius 3 is 2.23 bits per heavy atom. The van der Waals surface area contributed by atoms with E-state index >= 15 is 0 Å². The van der Waals surface area contributed by atoms with Gasteiger partial charge in [-0.3, -0.25) is 4.79 Å². The molecule has 0 saturated heterocycles. The van der Waals surface area contributed by atoms with Crippen molar-refractivity contribution in [3.05, 3.63) is 65.2 Å². The van der Waals surface area contributed by atoms with Crippen molar-refractivity contribution < 1.29 is 4.79 Å². The predicted molar refractivity (Wildman–Crippen MR) is 113 cm³/mol. The maximum Gasteiger partial charge on any atom is 0.228 e. The number of amides is 1. The Morgan fingerprint density at radius 2 is 1.62 bits per heavy atom. The lowest BCUT2D eigenvalue weighted by molar-refractivity contribution is -0.121. The van der Waals surface area contributed by atoms with E-state index in [2.05, 4.69) is 16.0 Å². The van der Waals surface area contributed by atoms with Gasteiger partial charge in [0.2, 0.25) is 9.70 Å². The Kier molecular flexibility index (Phi) is 7.80. The van der Waals surface area contributed by atoms with Crippen LogP contribution in [0.1, 0.15) is 5.56 Å². The first-order chi connectivity index (χ1) is 12.3. The van der Waals surface area contributed by atoms with E-state index in [1.165, 1.54) is 0 Å². The molecule has 0 aromatic heterocycles. The standard InChI is InChI=1S/C17H15Cl4N3OS/c18-12-8-4-5-9-13(12)22-16(26)24-15(17(19,20)21)23-14(25)10-11-6-2-1-3-7-11/h1-9,15H,10H2,(H,23,25)(H2,22,24,26). The minimum absolute atomic E-state index is 0.143. The molecule has 9 heteroatoms. The summed E-state index contributed by atoms with van der Waals surface area (Å²) in [6.07, 6.45) is -0.893. The summed E-state index contributed by atoms with van der Waals surface area (Å²) in [6, 6.07) is 16.3. The molecular weight excluding hydrogens is 436 g/mol. The van der Waals surface area contributed by atoms with Gasteiger partial charge < -0.3 is 16.0 Å². The smallest absolute Gasteiger partial charge is 0.228 e. The summed E-state index contributed by atoms with van der Waals surface area (Å²) in [7, 11) is 0. The van der Waals surface area contributed by atoms with Gasteiger partial charge in [-0.15, -0.1) is 0 Å². The second-order valence-corrected chi connectivity index (χ2v) is 8.47. The van der Waals surface area contributed by atoms with Crippen molar-refractivity contribution in [2.24, 2.45) is 0 Å². The predicted octanol–water partition coefficient (Wildman–Crippen LogP) is 4.68. The topological polar surface area (TPSA) is 53.2 Å². The van der Waals surface area contributed by atoms with Crippen LogP contribution in [0.3, 0.4) is 0 Å². The molecule has 0 bridgehead atoms. The number of rotatable bonds is 5. The highest BCUT2D eigenvalue weighted by atomic mass is 35.6. The fourth-order valence-corrected chi connectivity index (χ4v) is 2.78. The largest absolute Gasteiger partial charge is 0.339 e. The van der Waals surface area contributed by atoms with Crippen LogP contribution in [0.15, 0.2) is 54.6 Å². The Balaban J connectivity index is 2.00. The van der Waals surface area contributed by atoms with Gasteiger partial charge in [-0.25, -0.2) is 0 Å². The minimum Gasteiger partial charge on any atom is -0.339 e. The monoisotopic (exact) mass is 449 g/mol. The SMILES string of the molecule is O=C(Cc1ccccc1)NC(NC(=S)Nc1ccccc1Cl)C(Cl)(Cl)Cl. The van der Waals surface area contributed by atoms with Crippen LogP contribution in [0.4, 0.5) is 5.69 Å². The van der Waals surface area contributed by atoms with Crippen molar-refractivity contribution in [2.75, 3.05) is 5.32 Å². The van der Waals surface area contributed by atoms with E-state index in [9.17, 15) is 4.79 Å². The summed E-state index contributed by atoms with van der Waals surface area (Å²) in [5, 5.41) is 8.94. The first kappa shape index (κ1) is 21.1. The zero-order valence-electron chi connectivity index (χ0n) is 13.3. The van der Waals surface area contributed by atoms with Crippen LogP contribution in [-0.4, -0.2) is 21.0 Å². The second kappa shape index (κ2) is 9.62. The number of halogens is 4. The fourth-order valence-electron chi connectivity index (χ4n) is 2.05. The molecule has 0 heterocycles. The number of anilines is 1. The molecular formula is C17H15Cl4N3OS. The molecule has 1 amide bonds. The molecule has 0 aliphatic rings. The maximum absolute atomic E-state index is 12.3. The van der Waals surface area contributed by atoms with Crippen molar-refractivity contribution >= 4 is 75.3 Å². The third kappa shape index (κ3) is 6.82. The summed E-state index contributed by atoms with van der Waals surface area (Å²) < 4.78 is -1.82. The number of benzene rings is 2. The Bertz CT molecular complexity index is 768. The highest BCUT2D eigenvalue weighted by molar-refractivity contribution is 7.80. The molecule has 0 spiro atoms. The molecule has 2 aromatic rings. The number of nitrogens with one attached hydrogen (secondary N) is 3. The number of para-hydroxylation sites is 1. The average Bonchev–Trinajstić information content (AvgIpc) is 2.56. The van der Waals surface area contributed by atoms with E-state index in [0.717, 1.165) is 5.56 Å². The van der Waals surface area contributed by atoms with Crippen LogP contribution in [0, 0.1) is 0 Å². The van der Waals surface area contributed by atoms with Gasteiger partial charge in [0.15, 0.2) is 5.11 Å². The van der Waals surface area contributed by atoms with Gasteiger partial charge in [0.25, 0.3) is 0 Å². The van der Waals surface area contributed by atoms with E-state index in [0.29, 0.717) is 10.7 Å². The summed E-state index contributed by atoms with van der Waals surface area (Å²) in [5.74, 6) is -0.319. The van der Waals surface area contributed by atoms with Crippen molar-refractivity contribution in [3.63, 3.8) is 0 Å². The van der Waals surface area contributed by atoms with Crippen molar-refractivity contribution in [1.29, 1.82) is 0 Å². The summed E-state index contributed by atoms with van der Waals surface area (Å²) >= 11 is 29.2. The van der Waals surface area contributed by atoms with Crippen LogP contribution in [-0.2, 0) is 11.2 Å². The molecule has 0 saturated carbocycles. The third-order valence-corrected chi connectivity index (χ3v) is 4.44. The molecule has 0 fully saturated rings. The lowest BCUT2D eigenvalue weighted by Crippen LogP contribution is -2.56. The number of hydrogen-bond donors (Lipinski definition) is 3. The molecule has 1 atom stereocenters. The van der Waals surface area contributed by atoms with Crippen LogP contribution < -0.4 is 16.0 Å². The number of hydrogen-bond acceptors (Lipinski definition) is 2. The Morgan fingerprint density at radius 1 is 1.00 bits per heavy atom. The summed E-state index contributed by atoms with van der Waals surface area (Å²) in [6.45, 7) is 0. The molecule has 26 heavy (non-hydrogen) atoms. The molecule has 0 radical (unpaired) electrons. The second-order valence-electron chi connectivity index (χ2n) is 5.28. The van der Waals surface area contributed by atoms with Gasteiger partial charge in [-0.2, -0.15) is 0 Å². The van der Waals surface area contributed by atoms with E-state index in [1.54, 1.807) is 24.3 Å². The highest BCUT2D eigenvalue weighted by Gasteiger charge is 2.34. The minimum atomic E-state index is -1.82. The lowest BCUT2D eigenvalue weighted by atomic mass is 10.1. The maximum atomic E-state index is 12.3. The van der Waals surface area contributed by atoms with Crippen LogP contribution >= 0.6 is 58.6 Å². The van der Waals surface area contributed by atoms with Gasteiger partial charge in [0, 0.05) is 0 Å². The third-order valence-electron chi connectivity index (χ3n) is 3.24. The Hall–Kier alpha value is -1.24. The first-order valence-corrected chi connectivity index (χ1v) is 9.40. The van der Waals surface area contributed by atoms with Crippen molar-refractivity contribution in [1.82, 2.24) is 10.6 Å². The first-order valence-electron chi connectivity index (χ1n) is 7.48. The molecule has 4 nitrogen and oxygen atoms in total. The lowest BCUT2D eigenvalue weighted by Gasteiger charge is -2.28. The van der Waals surface area contributed by atoms with Gasteiger partial charge in [-0.1, -0.05) is 88.9 Å². The average molecular weight is 451 g/mol. The molecule has 2 rings (SSSR count). The number of carbonyl (C=O) groups is 1. The molecule has 138 valence electrons. The molecule has 0 aliphatic carbocycles. The van der Waals surface area contributed by atoms with E-state index < -0.39 is 9.96 Å². The quantitative estimate of drug-likeness (QED) is 0.351. The van der Waals surface area contributed by atoms with Gasteiger partial charge >= 0.3 is 0 Å². The number of alkyl halides is 3. The summed E-state index contributed by atoms with van der Waals surface area (Å²) in [5.41, 5.74) is 1.43. The van der Waals surface area contributed by atoms with Crippen LogP contribution in [0.5, 0.6) is 0 Å². The number of carbonyl (C=O) groups excluding carboxylic acids is 1. The summed E-state index contributed by atoms with van der Waals surface area (Å²) in [4.78, 5) is 12.3. The normalized spacial score (nSPS) is 12.2. The molecule has 1 unspecified atom stereocenters. The van der Waals surface area contributed by atoms with E-state index in [1.807, 2.05) is 30.3 Å². The zero-order chi connectivity index (χ0) is 19.2. The molecule has 2 aromatic carbocycles. The fraction of sp³-hybridized carbons (Fsp3) is 0.176. The van der Waals surface area contributed by atoms with Gasteiger partial charge in [0.1, 0.15) is 6.17 Å². The van der Waals surface area contributed by atoms with E-state index in [4.69, 9.17) is 58.6 Å². The van der Waals surface area contributed by atoms with Crippen molar-refractivity contribution in [3.8, 4) is 0 Å². The Labute approximate surface area is 177 Å². The van der Waals surface area contributed by atoms with Gasteiger partial charge in [-0.05, 0) is 29.9 Å². The highest BCUT2D eigenvalue weighted by Crippen LogP contribution is 2.29. The van der Waals surface area contributed by atoms with E-state index in [-0.39, 0.29) is 17.4 Å². The van der Waals surface area contributed by atoms with Gasteiger partial charge in [0.05, 0.1) is 17.1 Å². The number of thiocarbonyl (C=S) groups is 1. The van der Waals surface area contributed by atoms with Crippen molar-refractivity contribution in [2.45, 2.75) is 16.4 Å².